The number of aromatic nitrogens is 2. The van der Waals surface area contributed by atoms with Crippen molar-refractivity contribution in [2.75, 3.05) is 18.7 Å². The Bertz CT molecular complexity index is 758. The van der Waals surface area contributed by atoms with Gasteiger partial charge in [0, 0.05) is 31.5 Å². The van der Waals surface area contributed by atoms with Crippen LogP contribution in [0.2, 0.25) is 0 Å². The minimum atomic E-state index is -3.24. The first-order valence-electron chi connectivity index (χ1n) is 6.47. The lowest BCUT2D eigenvalue weighted by Gasteiger charge is -2.09. The van der Waals surface area contributed by atoms with Crippen LogP contribution in [0.3, 0.4) is 0 Å². The largest absolute Gasteiger partial charge is 0.327 e. The zero-order chi connectivity index (χ0) is 15.6. The van der Waals surface area contributed by atoms with Gasteiger partial charge in [-0.3, -0.25) is 0 Å². The number of sulfonamides is 1. The summed E-state index contributed by atoms with van der Waals surface area (Å²) in [5, 5.41) is 0. The number of nitrogens with one attached hydrogen (secondary N) is 1. The normalized spacial score (nSPS) is 12.2. The van der Waals surface area contributed by atoms with Gasteiger partial charge in [-0.25, -0.2) is 22.5 Å². The summed E-state index contributed by atoms with van der Waals surface area (Å²) in [6.45, 7) is 2.35. The van der Waals surface area contributed by atoms with E-state index in [2.05, 4.69) is 9.71 Å². The van der Waals surface area contributed by atoms with E-state index in [9.17, 15) is 12.8 Å². The molecule has 1 aromatic heterocycles. The average Bonchev–Trinajstić information content (AvgIpc) is 2.67. The van der Waals surface area contributed by atoms with Crippen molar-refractivity contribution in [2.45, 2.75) is 19.9 Å². The molecule has 116 valence electrons. The van der Waals surface area contributed by atoms with E-state index in [-0.39, 0.29) is 12.4 Å². The van der Waals surface area contributed by atoms with E-state index >= 15 is 0 Å². The Hall–Kier alpha value is -1.18. The Labute approximate surface area is 128 Å². The Morgan fingerprint density at radius 1 is 1.43 bits per heavy atom. The molecule has 0 spiro atoms. The van der Waals surface area contributed by atoms with Gasteiger partial charge in [0.2, 0.25) is 10.0 Å². The van der Waals surface area contributed by atoms with Crippen molar-refractivity contribution in [3.63, 3.8) is 0 Å². The molecule has 0 radical (unpaired) electrons. The molecule has 0 saturated carbocycles. The van der Waals surface area contributed by atoms with Gasteiger partial charge in [-0.1, -0.05) is 0 Å². The number of rotatable bonds is 6. The first kappa shape index (κ1) is 16.2. The van der Waals surface area contributed by atoms with Crippen molar-refractivity contribution in [1.82, 2.24) is 14.3 Å². The van der Waals surface area contributed by atoms with Gasteiger partial charge < -0.3 is 4.57 Å². The van der Waals surface area contributed by atoms with Gasteiger partial charge >= 0.3 is 0 Å². The molecule has 0 saturated heterocycles. The number of hydrogen-bond donors (Lipinski definition) is 1. The predicted octanol–water partition coefficient (Wildman–Crippen LogP) is 1.81. The molecule has 0 amide bonds. The third-order valence-corrected chi connectivity index (χ3v) is 4.04. The van der Waals surface area contributed by atoms with E-state index in [4.69, 9.17) is 11.6 Å². The second-order valence-electron chi connectivity index (χ2n) is 4.88. The van der Waals surface area contributed by atoms with Crippen LogP contribution in [0.1, 0.15) is 11.4 Å². The molecule has 0 bridgehead atoms. The highest BCUT2D eigenvalue weighted by Gasteiger charge is 2.13. The summed E-state index contributed by atoms with van der Waals surface area (Å²) < 4.78 is 40.2. The van der Waals surface area contributed by atoms with Crippen LogP contribution in [-0.2, 0) is 23.0 Å². The second-order valence-corrected chi connectivity index (χ2v) is 7.09. The molecule has 1 aromatic carbocycles. The van der Waals surface area contributed by atoms with Gasteiger partial charge in [-0.05, 0) is 18.6 Å². The minimum absolute atomic E-state index is 0.246. The molecule has 0 aliphatic heterocycles. The smallest absolute Gasteiger partial charge is 0.208 e. The molecular formula is C13H17ClFN3O2S. The maximum Gasteiger partial charge on any atom is 0.208 e. The maximum absolute atomic E-state index is 13.6. The predicted molar refractivity (Wildman–Crippen MR) is 81.7 cm³/mol. The van der Waals surface area contributed by atoms with Gasteiger partial charge in [0.25, 0.3) is 0 Å². The van der Waals surface area contributed by atoms with Crippen molar-refractivity contribution >= 4 is 32.7 Å². The summed E-state index contributed by atoms with van der Waals surface area (Å²) in [5.41, 5.74) is 1.86. The summed E-state index contributed by atoms with van der Waals surface area (Å²) >= 11 is 5.77. The lowest BCUT2D eigenvalue weighted by Crippen LogP contribution is -2.26. The third-order valence-electron chi connectivity index (χ3n) is 3.13. The SMILES string of the molecule is Cc1cc2c(cc1F)nc(CCCl)n2CCNS(C)(=O)=O. The van der Waals surface area contributed by atoms with Crippen molar-refractivity contribution in [3.05, 3.63) is 29.3 Å². The average molecular weight is 334 g/mol. The van der Waals surface area contributed by atoms with Gasteiger partial charge in [0.15, 0.2) is 0 Å². The molecule has 0 unspecified atom stereocenters. The van der Waals surface area contributed by atoms with Crippen molar-refractivity contribution in [3.8, 4) is 0 Å². The van der Waals surface area contributed by atoms with Crippen molar-refractivity contribution < 1.29 is 12.8 Å². The molecule has 21 heavy (non-hydrogen) atoms. The number of hydrogen-bond acceptors (Lipinski definition) is 3. The van der Waals surface area contributed by atoms with E-state index < -0.39 is 10.0 Å². The fourth-order valence-electron chi connectivity index (χ4n) is 2.17. The molecule has 1 N–H and O–H groups in total. The van der Waals surface area contributed by atoms with Crippen molar-refractivity contribution in [2.24, 2.45) is 0 Å². The summed E-state index contributed by atoms with van der Waals surface area (Å²) in [4.78, 5) is 4.38. The van der Waals surface area contributed by atoms with Crippen LogP contribution in [0.4, 0.5) is 4.39 Å². The quantitative estimate of drug-likeness (QED) is 0.820. The Kier molecular flexibility index (Phi) is 4.85. The number of fused-ring (bicyclic) bond motifs is 1. The minimum Gasteiger partial charge on any atom is -0.327 e. The first-order valence-corrected chi connectivity index (χ1v) is 8.90. The number of benzene rings is 1. The summed E-state index contributed by atoms with van der Waals surface area (Å²) in [7, 11) is -3.24. The lowest BCUT2D eigenvalue weighted by atomic mass is 10.2. The van der Waals surface area contributed by atoms with Gasteiger partial charge in [-0.2, -0.15) is 0 Å². The van der Waals surface area contributed by atoms with E-state index in [1.165, 1.54) is 6.07 Å². The van der Waals surface area contributed by atoms with Crippen LogP contribution < -0.4 is 4.72 Å². The van der Waals surface area contributed by atoms with E-state index in [0.29, 0.717) is 29.9 Å². The zero-order valence-electron chi connectivity index (χ0n) is 11.9. The molecule has 8 heteroatoms. The third kappa shape index (κ3) is 3.93. The van der Waals surface area contributed by atoms with E-state index in [0.717, 1.165) is 17.6 Å². The molecular weight excluding hydrogens is 317 g/mol. The molecule has 0 aliphatic rings. The number of nitrogens with zero attached hydrogens (tertiary/aromatic N) is 2. The van der Waals surface area contributed by atoms with Gasteiger partial charge in [-0.15, -0.1) is 11.6 Å². The highest BCUT2D eigenvalue weighted by atomic mass is 35.5. The van der Waals surface area contributed by atoms with Crippen LogP contribution in [0, 0.1) is 12.7 Å². The highest BCUT2D eigenvalue weighted by Crippen LogP contribution is 2.21. The van der Waals surface area contributed by atoms with E-state index in [1.807, 2.05) is 4.57 Å². The molecule has 0 atom stereocenters. The summed E-state index contributed by atoms with van der Waals surface area (Å²) in [5.74, 6) is 0.809. The van der Waals surface area contributed by atoms with Crippen LogP contribution in [0.25, 0.3) is 11.0 Å². The monoisotopic (exact) mass is 333 g/mol. The standard InChI is InChI=1S/C13H17ClFN3O2S/c1-9-7-12-11(8-10(9)15)17-13(3-4-14)18(12)6-5-16-21(2,19)20/h7-8,16H,3-6H2,1-2H3. The van der Waals surface area contributed by atoms with E-state index in [1.54, 1.807) is 13.0 Å². The number of imidazole rings is 1. The summed E-state index contributed by atoms with van der Waals surface area (Å²) in [6, 6.07) is 3.11. The summed E-state index contributed by atoms with van der Waals surface area (Å²) in [6.07, 6.45) is 1.65. The zero-order valence-corrected chi connectivity index (χ0v) is 13.4. The second kappa shape index (κ2) is 6.29. The molecule has 2 aromatic rings. The van der Waals surface area contributed by atoms with Gasteiger partial charge in [0.1, 0.15) is 11.6 Å². The number of aryl methyl sites for hydroxylation is 2. The fraction of sp³-hybridized carbons (Fsp3) is 0.462. The van der Waals surface area contributed by atoms with Crippen LogP contribution in [0.15, 0.2) is 12.1 Å². The Morgan fingerprint density at radius 3 is 2.76 bits per heavy atom. The maximum atomic E-state index is 13.6. The molecule has 5 nitrogen and oxygen atoms in total. The molecule has 0 aliphatic carbocycles. The van der Waals surface area contributed by atoms with Crippen LogP contribution in [-0.4, -0.2) is 36.6 Å². The van der Waals surface area contributed by atoms with Gasteiger partial charge in [0.05, 0.1) is 17.3 Å². The van der Waals surface area contributed by atoms with Crippen LogP contribution >= 0.6 is 11.6 Å². The molecule has 0 fully saturated rings. The Morgan fingerprint density at radius 2 is 2.14 bits per heavy atom. The first-order chi connectivity index (χ1) is 9.81. The lowest BCUT2D eigenvalue weighted by molar-refractivity contribution is 0.577. The van der Waals surface area contributed by atoms with Crippen molar-refractivity contribution in [1.29, 1.82) is 0 Å². The topological polar surface area (TPSA) is 64.0 Å². The Balaban J connectivity index is 2.38. The van der Waals surface area contributed by atoms with Crippen LogP contribution in [0.5, 0.6) is 0 Å². The molecule has 2 rings (SSSR count). The fourth-order valence-corrected chi connectivity index (χ4v) is 2.80. The number of alkyl halides is 1. The highest BCUT2D eigenvalue weighted by molar-refractivity contribution is 7.88. The number of halogens is 2. The molecule has 1 heterocycles.